The molecule has 4 heteroatoms. The number of aryl methyl sites for hydroxylation is 1. The zero-order valence-electron chi connectivity index (χ0n) is 9.81. The van der Waals surface area contributed by atoms with Crippen molar-refractivity contribution in [2.24, 2.45) is 0 Å². The standard InChI is InChI=1S/C13H16N2OS/c1-2-11-9-17-13(15-11)14-8-7-10-3-5-12(16)6-4-10/h3-6,9,16H,2,7-8H2,1H3,(H,14,15). The monoisotopic (exact) mass is 248 g/mol. The molecule has 2 N–H and O–H groups in total. The van der Waals surface area contributed by atoms with Crippen LogP contribution < -0.4 is 5.32 Å². The van der Waals surface area contributed by atoms with Gasteiger partial charge in [-0.25, -0.2) is 4.98 Å². The van der Waals surface area contributed by atoms with E-state index in [-0.39, 0.29) is 0 Å². The van der Waals surface area contributed by atoms with Gasteiger partial charge >= 0.3 is 0 Å². The molecule has 3 nitrogen and oxygen atoms in total. The summed E-state index contributed by atoms with van der Waals surface area (Å²) < 4.78 is 0. The number of anilines is 1. The lowest BCUT2D eigenvalue weighted by molar-refractivity contribution is 0.475. The van der Waals surface area contributed by atoms with Gasteiger partial charge in [-0.2, -0.15) is 0 Å². The van der Waals surface area contributed by atoms with Gasteiger partial charge in [0.15, 0.2) is 5.13 Å². The lowest BCUT2D eigenvalue weighted by Gasteiger charge is -2.03. The molecule has 2 aromatic rings. The van der Waals surface area contributed by atoms with Crippen molar-refractivity contribution in [1.82, 2.24) is 4.98 Å². The maximum Gasteiger partial charge on any atom is 0.182 e. The third-order valence-corrected chi connectivity index (χ3v) is 3.39. The maximum absolute atomic E-state index is 9.17. The SMILES string of the molecule is CCc1csc(NCCc2ccc(O)cc2)n1. The van der Waals surface area contributed by atoms with Crippen LogP contribution in [0.1, 0.15) is 18.2 Å². The molecule has 0 unspecified atom stereocenters. The summed E-state index contributed by atoms with van der Waals surface area (Å²) in [5, 5.41) is 15.5. The van der Waals surface area contributed by atoms with E-state index >= 15 is 0 Å². The molecule has 0 saturated heterocycles. The van der Waals surface area contributed by atoms with Crippen LogP contribution in [0.4, 0.5) is 5.13 Å². The third kappa shape index (κ3) is 3.46. The molecule has 0 aliphatic heterocycles. The van der Waals surface area contributed by atoms with Crippen molar-refractivity contribution >= 4 is 16.5 Å². The zero-order chi connectivity index (χ0) is 12.1. The van der Waals surface area contributed by atoms with E-state index in [4.69, 9.17) is 5.11 Å². The first kappa shape index (κ1) is 11.9. The highest BCUT2D eigenvalue weighted by molar-refractivity contribution is 7.13. The molecule has 0 saturated carbocycles. The minimum atomic E-state index is 0.314. The number of phenolic OH excluding ortho intramolecular Hbond substituents is 1. The van der Waals surface area contributed by atoms with Crippen LogP contribution in [0.15, 0.2) is 29.6 Å². The van der Waals surface area contributed by atoms with E-state index in [2.05, 4.69) is 22.6 Å². The van der Waals surface area contributed by atoms with Crippen molar-refractivity contribution < 1.29 is 5.11 Å². The molecule has 0 atom stereocenters. The van der Waals surface area contributed by atoms with Gasteiger partial charge in [-0.15, -0.1) is 11.3 Å². The lowest BCUT2D eigenvalue weighted by atomic mass is 10.1. The van der Waals surface area contributed by atoms with E-state index in [1.54, 1.807) is 23.5 Å². The van der Waals surface area contributed by atoms with Gasteiger partial charge in [-0.1, -0.05) is 19.1 Å². The number of benzene rings is 1. The molecule has 0 radical (unpaired) electrons. The van der Waals surface area contributed by atoms with Gasteiger partial charge in [0, 0.05) is 11.9 Å². The first-order chi connectivity index (χ1) is 8.28. The van der Waals surface area contributed by atoms with Crippen LogP contribution in [0.5, 0.6) is 5.75 Å². The number of nitrogens with one attached hydrogen (secondary N) is 1. The minimum absolute atomic E-state index is 0.314. The molecular weight excluding hydrogens is 232 g/mol. The Hall–Kier alpha value is -1.55. The fourth-order valence-electron chi connectivity index (χ4n) is 1.53. The summed E-state index contributed by atoms with van der Waals surface area (Å²) in [5.74, 6) is 0.314. The van der Waals surface area contributed by atoms with E-state index in [1.165, 1.54) is 5.56 Å². The van der Waals surface area contributed by atoms with Crippen LogP contribution in [0.25, 0.3) is 0 Å². The molecule has 0 amide bonds. The zero-order valence-corrected chi connectivity index (χ0v) is 10.6. The van der Waals surface area contributed by atoms with Crippen molar-refractivity contribution in [3.63, 3.8) is 0 Å². The molecule has 17 heavy (non-hydrogen) atoms. The van der Waals surface area contributed by atoms with Crippen LogP contribution >= 0.6 is 11.3 Å². The van der Waals surface area contributed by atoms with Crippen molar-refractivity contribution in [2.75, 3.05) is 11.9 Å². The molecule has 0 spiro atoms. The number of aromatic nitrogens is 1. The normalized spacial score (nSPS) is 10.4. The van der Waals surface area contributed by atoms with Crippen molar-refractivity contribution in [1.29, 1.82) is 0 Å². The van der Waals surface area contributed by atoms with Gasteiger partial charge in [-0.05, 0) is 30.5 Å². The van der Waals surface area contributed by atoms with Gasteiger partial charge in [0.25, 0.3) is 0 Å². The molecule has 90 valence electrons. The molecular formula is C13H16N2OS. The van der Waals surface area contributed by atoms with Crippen molar-refractivity contribution in [3.8, 4) is 5.75 Å². The largest absolute Gasteiger partial charge is 0.508 e. The smallest absolute Gasteiger partial charge is 0.182 e. The summed E-state index contributed by atoms with van der Waals surface area (Å²) in [4.78, 5) is 4.44. The van der Waals surface area contributed by atoms with Gasteiger partial charge in [-0.3, -0.25) is 0 Å². The number of aromatic hydroxyl groups is 1. The molecule has 2 rings (SSSR count). The Labute approximate surface area is 105 Å². The quantitative estimate of drug-likeness (QED) is 0.854. The number of thiazole rings is 1. The summed E-state index contributed by atoms with van der Waals surface area (Å²) in [6.07, 6.45) is 1.91. The first-order valence-electron chi connectivity index (χ1n) is 5.74. The second kappa shape index (κ2) is 5.68. The maximum atomic E-state index is 9.17. The van der Waals surface area contributed by atoms with E-state index in [9.17, 15) is 0 Å². The average molecular weight is 248 g/mol. The van der Waals surface area contributed by atoms with E-state index in [1.807, 2.05) is 12.1 Å². The number of rotatable bonds is 5. The molecule has 0 aliphatic rings. The predicted octanol–water partition coefficient (Wildman–Crippen LogP) is 3.07. The second-order valence-corrected chi connectivity index (χ2v) is 4.70. The molecule has 1 aromatic carbocycles. The van der Waals surface area contributed by atoms with Gasteiger partial charge in [0.05, 0.1) is 5.69 Å². The summed E-state index contributed by atoms with van der Waals surface area (Å²) in [6.45, 7) is 2.97. The fourth-order valence-corrected chi connectivity index (χ4v) is 2.35. The van der Waals surface area contributed by atoms with Crippen molar-refractivity contribution in [3.05, 3.63) is 40.9 Å². The summed E-state index contributed by atoms with van der Waals surface area (Å²) in [5.41, 5.74) is 2.35. The van der Waals surface area contributed by atoms with Crippen LogP contribution in [0.2, 0.25) is 0 Å². The minimum Gasteiger partial charge on any atom is -0.508 e. The second-order valence-electron chi connectivity index (χ2n) is 3.84. The summed E-state index contributed by atoms with van der Waals surface area (Å²) >= 11 is 1.65. The summed E-state index contributed by atoms with van der Waals surface area (Å²) in [7, 11) is 0. The van der Waals surface area contributed by atoms with Crippen LogP contribution in [-0.4, -0.2) is 16.6 Å². The highest BCUT2D eigenvalue weighted by Crippen LogP contribution is 2.16. The Balaban J connectivity index is 1.81. The van der Waals surface area contributed by atoms with Gasteiger partial charge in [0.2, 0.25) is 0 Å². The third-order valence-electron chi connectivity index (χ3n) is 2.54. The van der Waals surface area contributed by atoms with E-state index in [0.717, 1.165) is 30.2 Å². The summed E-state index contributed by atoms with van der Waals surface area (Å²) in [6, 6.07) is 7.31. The van der Waals surface area contributed by atoms with Gasteiger partial charge < -0.3 is 10.4 Å². The van der Waals surface area contributed by atoms with E-state index < -0.39 is 0 Å². The van der Waals surface area contributed by atoms with Gasteiger partial charge in [0.1, 0.15) is 5.75 Å². The Morgan fingerprint density at radius 1 is 1.29 bits per heavy atom. The number of hydrogen-bond acceptors (Lipinski definition) is 4. The number of phenols is 1. The van der Waals surface area contributed by atoms with Crippen LogP contribution in [-0.2, 0) is 12.8 Å². The van der Waals surface area contributed by atoms with Crippen LogP contribution in [0, 0.1) is 0 Å². The number of hydrogen-bond donors (Lipinski definition) is 2. The first-order valence-corrected chi connectivity index (χ1v) is 6.62. The topological polar surface area (TPSA) is 45.1 Å². The molecule has 0 bridgehead atoms. The molecule has 0 aliphatic carbocycles. The Bertz CT molecular complexity index is 465. The Morgan fingerprint density at radius 3 is 2.71 bits per heavy atom. The number of nitrogens with zero attached hydrogens (tertiary/aromatic N) is 1. The van der Waals surface area contributed by atoms with Crippen molar-refractivity contribution in [2.45, 2.75) is 19.8 Å². The molecule has 1 aromatic heterocycles. The van der Waals surface area contributed by atoms with E-state index in [0.29, 0.717) is 5.75 Å². The average Bonchev–Trinajstić information content (AvgIpc) is 2.80. The fraction of sp³-hybridized carbons (Fsp3) is 0.308. The predicted molar refractivity (Wildman–Crippen MR) is 71.8 cm³/mol. The Morgan fingerprint density at radius 2 is 2.06 bits per heavy atom. The molecule has 0 fully saturated rings. The lowest BCUT2D eigenvalue weighted by Crippen LogP contribution is -2.04. The van der Waals surface area contributed by atoms with Crippen LogP contribution in [0.3, 0.4) is 0 Å². The highest BCUT2D eigenvalue weighted by atomic mass is 32.1. The molecule has 1 heterocycles. The Kier molecular flexibility index (Phi) is 3.98. The highest BCUT2D eigenvalue weighted by Gasteiger charge is 1.99.